The predicted octanol–water partition coefficient (Wildman–Crippen LogP) is 1.82. The third-order valence-electron chi connectivity index (χ3n) is 5.70. The molecule has 2 atom stereocenters. The molecule has 1 aromatic heterocycles. The highest BCUT2D eigenvalue weighted by atomic mass is 32.2. The fourth-order valence-electron chi connectivity index (χ4n) is 3.44. The monoisotopic (exact) mass is 606 g/mol. The number of thiazole rings is 1. The smallest absolute Gasteiger partial charge is 0.362 e. The Bertz CT molecular complexity index is 1170. The lowest BCUT2D eigenvalue weighted by Crippen LogP contribution is -2.72. The summed E-state index contributed by atoms with van der Waals surface area (Å²) in [5, 5.41) is 7.70. The average Bonchev–Trinajstić information content (AvgIpc) is 3.26. The second-order valence-electron chi connectivity index (χ2n) is 10.3. The molecule has 0 radical (unpaired) electrons. The van der Waals surface area contributed by atoms with E-state index in [0.29, 0.717) is 0 Å². The number of nitrogen functional groups attached to an aromatic ring is 1. The molecule has 2 amide bonds. The molecular formula is C24H42N6O8S2. The number of nitrogens with zero attached hydrogens (tertiary/aromatic N) is 4. The molecule has 1 aromatic rings. The van der Waals surface area contributed by atoms with Gasteiger partial charge in [0, 0.05) is 5.38 Å². The summed E-state index contributed by atoms with van der Waals surface area (Å²) in [4.78, 5) is 49.2. The molecule has 40 heavy (non-hydrogen) atoms. The van der Waals surface area contributed by atoms with Gasteiger partial charge >= 0.3 is 16.3 Å². The van der Waals surface area contributed by atoms with Gasteiger partial charge in [0.25, 0.3) is 11.8 Å². The van der Waals surface area contributed by atoms with E-state index in [9.17, 15) is 27.4 Å². The molecule has 0 unspecified atom stereocenters. The van der Waals surface area contributed by atoms with E-state index < -0.39 is 57.1 Å². The van der Waals surface area contributed by atoms with Crippen molar-refractivity contribution in [1.82, 2.24) is 19.5 Å². The minimum atomic E-state index is -4.77. The number of nitrogens with two attached hydrogens (primary N) is 1. The molecule has 228 valence electrons. The number of amides is 2. The number of aromatic nitrogens is 1. The van der Waals surface area contributed by atoms with Crippen molar-refractivity contribution in [1.29, 1.82) is 0 Å². The van der Waals surface area contributed by atoms with E-state index in [1.807, 2.05) is 0 Å². The molecule has 0 spiro atoms. The van der Waals surface area contributed by atoms with Crippen molar-refractivity contribution in [3.8, 4) is 0 Å². The van der Waals surface area contributed by atoms with Crippen LogP contribution in [-0.2, 0) is 34.3 Å². The first-order chi connectivity index (χ1) is 18.3. The lowest BCUT2D eigenvalue weighted by Gasteiger charge is -2.43. The largest absolute Gasteiger partial charge is 0.457 e. The SMILES string of the molecule is CCN(CC)CC.CC[C@H]1[C@H](NC(=O)/C(=N/OC(C)(C)C(=O)OC(C)(C)C)c2csc(N)n2)C(=O)N1S(=O)(=O)O. The summed E-state index contributed by atoms with van der Waals surface area (Å²) in [6, 6.07) is -2.22. The zero-order valence-electron chi connectivity index (χ0n) is 24.5. The van der Waals surface area contributed by atoms with Crippen LogP contribution in [0.5, 0.6) is 0 Å². The maximum atomic E-state index is 12.9. The van der Waals surface area contributed by atoms with Crippen LogP contribution in [0.25, 0.3) is 0 Å². The molecule has 16 heteroatoms. The number of carbonyl (C=O) groups is 3. The van der Waals surface area contributed by atoms with Crippen LogP contribution in [0.1, 0.15) is 74.4 Å². The average molecular weight is 607 g/mol. The topological polar surface area (TPSA) is 194 Å². The van der Waals surface area contributed by atoms with Crippen LogP contribution in [0, 0.1) is 0 Å². The first-order valence-electron chi connectivity index (χ1n) is 12.9. The number of hydrogen-bond donors (Lipinski definition) is 3. The van der Waals surface area contributed by atoms with Gasteiger partial charge in [0.05, 0.1) is 6.04 Å². The Balaban J connectivity index is 0.00000101. The van der Waals surface area contributed by atoms with E-state index in [4.69, 9.17) is 15.3 Å². The van der Waals surface area contributed by atoms with Crippen molar-refractivity contribution in [2.75, 3.05) is 25.4 Å². The van der Waals surface area contributed by atoms with Gasteiger partial charge in [-0.25, -0.2) is 14.1 Å². The van der Waals surface area contributed by atoms with E-state index in [1.165, 1.54) is 38.9 Å². The molecular weight excluding hydrogens is 564 g/mol. The second kappa shape index (κ2) is 14.2. The Hall–Kier alpha value is -2.82. The molecule has 1 aliphatic rings. The highest BCUT2D eigenvalue weighted by molar-refractivity contribution is 7.84. The molecule has 4 N–H and O–H groups in total. The van der Waals surface area contributed by atoms with Gasteiger partial charge in [-0.1, -0.05) is 32.9 Å². The number of carbonyl (C=O) groups excluding carboxylic acids is 3. The van der Waals surface area contributed by atoms with Crippen LogP contribution in [0.15, 0.2) is 10.5 Å². The van der Waals surface area contributed by atoms with Crippen LogP contribution < -0.4 is 11.1 Å². The molecule has 1 fully saturated rings. The van der Waals surface area contributed by atoms with Gasteiger partial charge in [-0.15, -0.1) is 11.3 Å². The van der Waals surface area contributed by atoms with Gasteiger partial charge in [0.2, 0.25) is 5.60 Å². The van der Waals surface area contributed by atoms with Gasteiger partial charge in [0.15, 0.2) is 10.8 Å². The fraction of sp³-hybridized carbons (Fsp3) is 0.708. The van der Waals surface area contributed by atoms with E-state index in [2.05, 4.69) is 41.1 Å². The normalized spacial score (nSPS) is 18.0. The summed E-state index contributed by atoms with van der Waals surface area (Å²) in [5.41, 5.74) is 2.89. The van der Waals surface area contributed by atoms with E-state index in [-0.39, 0.29) is 21.6 Å². The van der Waals surface area contributed by atoms with Gasteiger partial charge in [0.1, 0.15) is 17.3 Å². The summed E-state index contributed by atoms with van der Waals surface area (Å²) in [6.45, 7) is 19.5. The quantitative estimate of drug-likeness (QED) is 0.109. The molecule has 0 aliphatic carbocycles. The minimum Gasteiger partial charge on any atom is -0.457 e. The third-order valence-corrected chi connectivity index (χ3v) is 7.32. The number of anilines is 1. The van der Waals surface area contributed by atoms with Gasteiger partial charge in [-0.05, 0) is 60.7 Å². The molecule has 14 nitrogen and oxygen atoms in total. The van der Waals surface area contributed by atoms with Gasteiger partial charge in [-0.3, -0.25) is 14.1 Å². The predicted molar refractivity (Wildman–Crippen MR) is 152 cm³/mol. The highest BCUT2D eigenvalue weighted by Gasteiger charge is 2.53. The molecule has 0 aromatic carbocycles. The number of oxime groups is 1. The maximum Gasteiger partial charge on any atom is 0.362 e. The molecule has 1 aliphatic heterocycles. The molecule has 0 saturated carbocycles. The van der Waals surface area contributed by atoms with E-state index in [0.717, 1.165) is 11.3 Å². The summed E-state index contributed by atoms with van der Waals surface area (Å²) in [6.07, 6.45) is 0.134. The zero-order valence-corrected chi connectivity index (χ0v) is 26.2. The molecule has 1 saturated heterocycles. The summed E-state index contributed by atoms with van der Waals surface area (Å²) in [5.74, 6) is -2.67. The van der Waals surface area contributed by atoms with Crippen molar-refractivity contribution in [3.05, 3.63) is 11.1 Å². The van der Waals surface area contributed by atoms with E-state index >= 15 is 0 Å². The van der Waals surface area contributed by atoms with Crippen LogP contribution in [0.4, 0.5) is 5.13 Å². The van der Waals surface area contributed by atoms with Crippen LogP contribution in [0.3, 0.4) is 0 Å². The number of rotatable bonds is 11. The zero-order chi connectivity index (χ0) is 31.1. The van der Waals surface area contributed by atoms with Crippen LogP contribution >= 0.6 is 11.3 Å². The number of nitrogens with one attached hydrogen (secondary N) is 1. The summed E-state index contributed by atoms with van der Waals surface area (Å²) in [7, 11) is -4.77. The lowest BCUT2D eigenvalue weighted by molar-refractivity contribution is -0.179. The van der Waals surface area contributed by atoms with Gasteiger partial charge in [-0.2, -0.15) is 8.42 Å². The number of hydrogen-bond acceptors (Lipinski definition) is 12. The first-order valence-corrected chi connectivity index (χ1v) is 15.1. The Labute approximate surface area is 240 Å². The van der Waals surface area contributed by atoms with Crippen molar-refractivity contribution in [3.63, 3.8) is 0 Å². The van der Waals surface area contributed by atoms with Crippen molar-refractivity contribution in [2.24, 2.45) is 5.16 Å². The second-order valence-corrected chi connectivity index (χ2v) is 12.5. The Kier molecular flexibility index (Phi) is 12.5. The summed E-state index contributed by atoms with van der Waals surface area (Å²) >= 11 is 1.02. The van der Waals surface area contributed by atoms with Crippen molar-refractivity contribution in [2.45, 2.75) is 92.0 Å². The summed E-state index contributed by atoms with van der Waals surface area (Å²) < 4.78 is 37.6. The Morgan fingerprint density at radius 3 is 2.10 bits per heavy atom. The Morgan fingerprint density at radius 1 is 1.18 bits per heavy atom. The fourth-order valence-corrected chi connectivity index (χ4v) is 4.94. The standard InChI is InChI=1S/C18H27N5O8S2.C6H15N/c1-7-10-12(14(25)23(10)33(27,28)29)21-13(24)11(9-8-32-16(19)20-9)22-31-18(5,6)15(26)30-17(2,3)4;1-4-7(5-2)6-3/h8,10,12H,7H2,1-6H3,(H2,19,20)(H,21,24)(H,27,28,29);4-6H2,1-3H3/b22-11+;/t10-,12-;/m0./s1. The van der Waals surface area contributed by atoms with Crippen molar-refractivity contribution < 1.29 is 36.9 Å². The van der Waals surface area contributed by atoms with Crippen molar-refractivity contribution >= 4 is 50.3 Å². The lowest BCUT2D eigenvalue weighted by atomic mass is 9.96. The number of β-lactam (4-membered cyclic amide) rings is 1. The van der Waals surface area contributed by atoms with Gasteiger partial charge < -0.3 is 25.5 Å². The minimum absolute atomic E-state index is 0.0152. The molecule has 2 heterocycles. The Morgan fingerprint density at radius 2 is 1.73 bits per heavy atom. The molecule has 2 rings (SSSR count). The highest BCUT2D eigenvalue weighted by Crippen LogP contribution is 2.26. The first kappa shape index (κ1) is 35.2. The maximum absolute atomic E-state index is 12.9. The number of esters is 1. The number of ether oxygens (including phenoxy) is 1. The van der Waals surface area contributed by atoms with E-state index in [1.54, 1.807) is 27.7 Å². The third kappa shape index (κ3) is 9.67. The molecule has 0 bridgehead atoms. The van der Waals surface area contributed by atoms with Crippen LogP contribution in [0.2, 0.25) is 0 Å². The van der Waals surface area contributed by atoms with Crippen LogP contribution in [-0.4, -0.2) is 93.6 Å².